The predicted octanol–water partition coefficient (Wildman–Crippen LogP) is 2.97. The summed E-state index contributed by atoms with van der Waals surface area (Å²) in [6.45, 7) is 2.18. The molecule has 0 aliphatic rings. The van der Waals surface area contributed by atoms with E-state index in [-0.39, 0.29) is 12.6 Å². The molecular weight excluding hydrogens is 268 g/mol. The summed E-state index contributed by atoms with van der Waals surface area (Å²) in [5, 5.41) is 19.7. The first kappa shape index (κ1) is 13.1. The number of urea groups is 1. The van der Waals surface area contributed by atoms with Crippen LogP contribution in [-0.4, -0.2) is 17.7 Å². The summed E-state index contributed by atoms with van der Waals surface area (Å²) < 4.78 is 0. The van der Waals surface area contributed by atoms with Crippen LogP contribution >= 0.6 is 22.7 Å². The number of aliphatic hydroxyl groups is 1. The highest BCUT2D eigenvalue weighted by Crippen LogP contribution is 2.20. The Morgan fingerprint density at radius 3 is 2.89 bits per heavy atom. The van der Waals surface area contributed by atoms with Crippen LogP contribution in [-0.2, 0) is 0 Å². The van der Waals surface area contributed by atoms with Crippen molar-refractivity contribution in [1.29, 1.82) is 0 Å². The van der Waals surface area contributed by atoms with Gasteiger partial charge in [-0.1, -0.05) is 0 Å². The number of rotatable bonds is 4. The molecular formula is C12H14N2O2S2. The van der Waals surface area contributed by atoms with Crippen LogP contribution in [0.1, 0.15) is 16.5 Å². The zero-order chi connectivity index (χ0) is 13.0. The fourth-order valence-electron chi connectivity index (χ4n) is 1.43. The standard InChI is InChI=1S/C12H14N2O2S2/c1-8-2-3-11(18-8)14-12(16)13-6-10(15)9-4-5-17-7-9/h2-5,7,10,15H,6H2,1H3,(H2,13,14,16). The molecule has 0 saturated carbocycles. The molecule has 2 rings (SSSR count). The van der Waals surface area contributed by atoms with E-state index in [9.17, 15) is 9.90 Å². The van der Waals surface area contributed by atoms with Gasteiger partial charge < -0.3 is 10.4 Å². The molecule has 2 aromatic heterocycles. The van der Waals surface area contributed by atoms with Crippen LogP contribution in [0.4, 0.5) is 9.80 Å². The number of amides is 2. The number of hydrogen-bond donors (Lipinski definition) is 3. The van der Waals surface area contributed by atoms with Crippen LogP contribution in [0.3, 0.4) is 0 Å². The van der Waals surface area contributed by atoms with Gasteiger partial charge in [-0.2, -0.15) is 11.3 Å². The maximum atomic E-state index is 11.6. The average Bonchev–Trinajstić information content (AvgIpc) is 2.97. The van der Waals surface area contributed by atoms with E-state index in [2.05, 4.69) is 10.6 Å². The maximum absolute atomic E-state index is 11.6. The van der Waals surface area contributed by atoms with Gasteiger partial charge >= 0.3 is 6.03 Å². The van der Waals surface area contributed by atoms with Gasteiger partial charge in [0, 0.05) is 11.4 Å². The largest absolute Gasteiger partial charge is 0.387 e. The summed E-state index contributed by atoms with van der Waals surface area (Å²) >= 11 is 3.04. The molecule has 3 N–H and O–H groups in total. The third-order valence-corrected chi connectivity index (χ3v) is 3.98. The van der Waals surface area contributed by atoms with Gasteiger partial charge in [-0.25, -0.2) is 4.79 Å². The summed E-state index contributed by atoms with van der Waals surface area (Å²) in [6, 6.07) is 5.35. The van der Waals surface area contributed by atoms with Crippen LogP contribution in [0.2, 0.25) is 0 Å². The molecule has 2 aromatic rings. The van der Waals surface area contributed by atoms with E-state index in [1.165, 1.54) is 22.7 Å². The lowest BCUT2D eigenvalue weighted by Gasteiger charge is -2.10. The van der Waals surface area contributed by atoms with Crippen molar-refractivity contribution in [3.05, 3.63) is 39.4 Å². The number of aryl methyl sites for hydroxylation is 1. The molecule has 0 spiro atoms. The summed E-state index contributed by atoms with van der Waals surface area (Å²) in [4.78, 5) is 12.7. The highest BCUT2D eigenvalue weighted by molar-refractivity contribution is 7.16. The monoisotopic (exact) mass is 282 g/mol. The van der Waals surface area contributed by atoms with Gasteiger partial charge in [0.1, 0.15) is 0 Å². The molecule has 0 aromatic carbocycles. The zero-order valence-corrected chi connectivity index (χ0v) is 11.5. The quantitative estimate of drug-likeness (QED) is 0.807. The van der Waals surface area contributed by atoms with E-state index in [1.807, 2.05) is 35.9 Å². The Kier molecular flexibility index (Phi) is 4.35. The molecule has 2 amide bonds. The van der Waals surface area contributed by atoms with Crippen molar-refractivity contribution in [2.75, 3.05) is 11.9 Å². The van der Waals surface area contributed by atoms with Gasteiger partial charge in [0.15, 0.2) is 0 Å². The normalized spacial score (nSPS) is 12.1. The molecule has 0 radical (unpaired) electrons. The molecule has 0 fully saturated rings. The maximum Gasteiger partial charge on any atom is 0.319 e. The number of nitrogens with one attached hydrogen (secondary N) is 2. The first-order valence-corrected chi connectivity index (χ1v) is 7.22. The van der Waals surface area contributed by atoms with Gasteiger partial charge in [0.25, 0.3) is 0 Å². The third kappa shape index (κ3) is 3.56. The number of hydrogen-bond acceptors (Lipinski definition) is 4. The fourth-order valence-corrected chi connectivity index (χ4v) is 2.90. The molecule has 0 saturated heterocycles. The second-order valence-electron chi connectivity index (χ2n) is 3.82. The van der Waals surface area contributed by atoms with Gasteiger partial charge in [-0.15, -0.1) is 11.3 Å². The summed E-state index contributed by atoms with van der Waals surface area (Å²) in [6.07, 6.45) is -0.660. The Bertz CT molecular complexity index is 508. The lowest BCUT2D eigenvalue weighted by Crippen LogP contribution is -2.32. The zero-order valence-electron chi connectivity index (χ0n) is 9.84. The van der Waals surface area contributed by atoms with Crippen molar-refractivity contribution in [1.82, 2.24) is 5.32 Å². The Morgan fingerprint density at radius 1 is 1.44 bits per heavy atom. The second-order valence-corrected chi connectivity index (χ2v) is 5.89. The molecule has 1 atom stereocenters. The van der Waals surface area contributed by atoms with Crippen molar-refractivity contribution in [3.8, 4) is 0 Å². The summed E-state index contributed by atoms with van der Waals surface area (Å²) in [5.41, 5.74) is 0.826. The summed E-state index contributed by atoms with van der Waals surface area (Å²) in [7, 11) is 0. The first-order valence-electron chi connectivity index (χ1n) is 5.46. The van der Waals surface area contributed by atoms with E-state index in [0.717, 1.165) is 15.4 Å². The SMILES string of the molecule is Cc1ccc(NC(=O)NCC(O)c2ccsc2)s1. The van der Waals surface area contributed by atoms with E-state index >= 15 is 0 Å². The Balaban J connectivity index is 1.78. The highest BCUT2D eigenvalue weighted by atomic mass is 32.1. The van der Waals surface area contributed by atoms with E-state index < -0.39 is 6.10 Å². The van der Waals surface area contributed by atoms with Gasteiger partial charge in [-0.3, -0.25) is 5.32 Å². The lowest BCUT2D eigenvalue weighted by molar-refractivity contribution is 0.175. The van der Waals surface area contributed by atoms with E-state index in [0.29, 0.717) is 0 Å². The predicted molar refractivity (Wildman–Crippen MR) is 75.4 cm³/mol. The Hall–Kier alpha value is -1.37. The van der Waals surface area contributed by atoms with Crippen molar-refractivity contribution < 1.29 is 9.90 Å². The Labute approximate surface area is 113 Å². The Morgan fingerprint density at radius 2 is 2.28 bits per heavy atom. The fraction of sp³-hybridized carbons (Fsp3) is 0.250. The minimum absolute atomic E-state index is 0.201. The smallest absolute Gasteiger partial charge is 0.319 e. The van der Waals surface area contributed by atoms with Crippen LogP contribution in [0.25, 0.3) is 0 Å². The molecule has 0 aliphatic carbocycles. The molecule has 0 bridgehead atoms. The van der Waals surface area contributed by atoms with Gasteiger partial charge in [0.2, 0.25) is 0 Å². The van der Waals surface area contributed by atoms with Crippen LogP contribution in [0.15, 0.2) is 29.0 Å². The minimum Gasteiger partial charge on any atom is -0.387 e. The van der Waals surface area contributed by atoms with Crippen LogP contribution in [0.5, 0.6) is 0 Å². The molecule has 2 heterocycles. The minimum atomic E-state index is -0.660. The van der Waals surface area contributed by atoms with Gasteiger partial charge in [0.05, 0.1) is 11.1 Å². The van der Waals surface area contributed by atoms with Crippen molar-refractivity contribution in [2.45, 2.75) is 13.0 Å². The number of thiophene rings is 2. The first-order chi connectivity index (χ1) is 8.65. The number of aliphatic hydroxyl groups excluding tert-OH is 1. The third-order valence-electron chi connectivity index (χ3n) is 2.36. The lowest BCUT2D eigenvalue weighted by atomic mass is 10.2. The number of carbonyl (C=O) groups is 1. The molecule has 6 heteroatoms. The van der Waals surface area contributed by atoms with Crippen molar-refractivity contribution in [3.63, 3.8) is 0 Å². The molecule has 18 heavy (non-hydrogen) atoms. The van der Waals surface area contributed by atoms with E-state index in [1.54, 1.807) is 0 Å². The topological polar surface area (TPSA) is 61.4 Å². The van der Waals surface area contributed by atoms with Crippen molar-refractivity contribution in [2.24, 2.45) is 0 Å². The van der Waals surface area contributed by atoms with Crippen LogP contribution < -0.4 is 10.6 Å². The van der Waals surface area contributed by atoms with Crippen LogP contribution in [0, 0.1) is 6.92 Å². The highest BCUT2D eigenvalue weighted by Gasteiger charge is 2.10. The van der Waals surface area contributed by atoms with Gasteiger partial charge in [-0.05, 0) is 41.4 Å². The average molecular weight is 282 g/mol. The molecule has 96 valence electrons. The molecule has 0 aliphatic heterocycles. The van der Waals surface area contributed by atoms with E-state index in [4.69, 9.17) is 0 Å². The number of anilines is 1. The molecule has 4 nitrogen and oxygen atoms in total. The molecule has 1 unspecified atom stereocenters. The summed E-state index contributed by atoms with van der Waals surface area (Å²) in [5.74, 6) is 0. The van der Waals surface area contributed by atoms with Crippen molar-refractivity contribution >= 4 is 33.7 Å². The number of carbonyl (C=O) groups excluding carboxylic acids is 1. The second kappa shape index (κ2) is 5.99.